The van der Waals surface area contributed by atoms with E-state index in [0.29, 0.717) is 0 Å². The molecule has 0 unspecified atom stereocenters. The quantitative estimate of drug-likeness (QED) is 0.520. The number of rotatable bonds is 6. The summed E-state index contributed by atoms with van der Waals surface area (Å²) in [4.78, 5) is 4.87. The van der Waals surface area contributed by atoms with Crippen molar-refractivity contribution in [3.8, 4) is 11.3 Å². The summed E-state index contributed by atoms with van der Waals surface area (Å²) in [5.41, 5.74) is 3.21. The molecule has 1 aromatic heterocycles. The maximum absolute atomic E-state index is 6.13. The van der Waals surface area contributed by atoms with Gasteiger partial charge in [-0.1, -0.05) is 68.1 Å². The van der Waals surface area contributed by atoms with Gasteiger partial charge in [-0.3, -0.25) is 4.99 Å². The van der Waals surface area contributed by atoms with E-state index in [1.807, 2.05) is 24.3 Å². The highest BCUT2D eigenvalue weighted by molar-refractivity contribution is 5.79. The fourth-order valence-corrected chi connectivity index (χ4v) is 2.90. The van der Waals surface area contributed by atoms with Gasteiger partial charge in [-0.2, -0.15) is 0 Å². The monoisotopic (exact) mass is 319 g/mol. The van der Waals surface area contributed by atoms with Crippen LogP contribution >= 0.6 is 0 Å². The van der Waals surface area contributed by atoms with Crippen LogP contribution in [0.2, 0.25) is 0 Å². The van der Waals surface area contributed by atoms with Crippen molar-refractivity contribution >= 4 is 11.0 Å². The highest BCUT2D eigenvalue weighted by Gasteiger charge is 2.05. The zero-order valence-corrected chi connectivity index (χ0v) is 14.6. The second-order valence-corrected chi connectivity index (χ2v) is 6.30. The Hall–Kier alpha value is -2.35. The first kappa shape index (κ1) is 16.5. The van der Waals surface area contributed by atoms with Crippen LogP contribution < -0.4 is 5.36 Å². The molecule has 2 heteroatoms. The van der Waals surface area contributed by atoms with E-state index in [-0.39, 0.29) is 0 Å². The van der Waals surface area contributed by atoms with Crippen molar-refractivity contribution < 1.29 is 4.42 Å². The molecule has 0 bridgehead atoms. The molecule has 2 aromatic carbocycles. The molecule has 3 rings (SSSR count). The Labute approximate surface area is 143 Å². The van der Waals surface area contributed by atoms with Gasteiger partial charge in [0.1, 0.15) is 11.3 Å². The third kappa shape index (κ3) is 3.94. The van der Waals surface area contributed by atoms with Crippen LogP contribution in [0.25, 0.3) is 22.3 Å². The van der Waals surface area contributed by atoms with Crippen LogP contribution in [0, 0.1) is 6.92 Å². The molecule has 0 saturated carbocycles. The summed E-state index contributed by atoms with van der Waals surface area (Å²) in [6.07, 6.45) is 4.94. The number of benzene rings is 2. The van der Waals surface area contributed by atoms with Crippen LogP contribution in [-0.4, -0.2) is 6.54 Å². The molecule has 0 radical (unpaired) electrons. The first-order chi connectivity index (χ1) is 11.8. The van der Waals surface area contributed by atoms with Crippen LogP contribution in [0.4, 0.5) is 0 Å². The molecule has 124 valence electrons. The van der Waals surface area contributed by atoms with Crippen molar-refractivity contribution in [3.63, 3.8) is 0 Å². The van der Waals surface area contributed by atoms with Crippen molar-refractivity contribution in [1.82, 2.24) is 0 Å². The molecule has 0 amide bonds. The van der Waals surface area contributed by atoms with Gasteiger partial charge in [0.15, 0.2) is 0 Å². The van der Waals surface area contributed by atoms with E-state index in [9.17, 15) is 0 Å². The first-order valence-corrected chi connectivity index (χ1v) is 8.88. The molecular formula is C22H25NO. The molecule has 3 aromatic rings. The largest absolute Gasteiger partial charge is 0.456 e. The van der Waals surface area contributed by atoms with Gasteiger partial charge in [-0.05, 0) is 25.5 Å². The average Bonchev–Trinajstić information content (AvgIpc) is 2.62. The van der Waals surface area contributed by atoms with Crippen LogP contribution in [0.3, 0.4) is 0 Å². The van der Waals surface area contributed by atoms with Crippen LogP contribution in [0.1, 0.15) is 38.2 Å². The number of hydrogen-bond donors (Lipinski definition) is 0. The standard InChI is InChI=1S/C22H25NO/c1-3-4-5-9-14-23-20-16-22(18-10-7-6-8-11-18)24-21-13-12-17(2)15-19(20)21/h6-8,10-13,15-16H,3-5,9,14H2,1-2H3. The van der Waals surface area contributed by atoms with Crippen LogP contribution in [0.5, 0.6) is 0 Å². The summed E-state index contributed by atoms with van der Waals surface area (Å²) in [5.74, 6) is 0.874. The normalized spacial score (nSPS) is 12.0. The molecule has 0 fully saturated rings. The summed E-state index contributed by atoms with van der Waals surface area (Å²) in [6, 6.07) is 18.6. The summed E-state index contributed by atoms with van der Waals surface area (Å²) >= 11 is 0. The molecule has 0 saturated heterocycles. The predicted molar refractivity (Wildman–Crippen MR) is 101 cm³/mol. The highest BCUT2D eigenvalue weighted by atomic mass is 16.3. The van der Waals surface area contributed by atoms with Gasteiger partial charge >= 0.3 is 0 Å². The highest BCUT2D eigenvalue weighted by Crippen LogP contribution is 2.22. The minimum Gasteiger partial charge on any atom is -0.456 e. The molecule has 0 atom stereocenters. The third-order valence-corrected chi connectivity index (χ3v) is 4.25. The Morgan fingerprint density at radius 3 is 2.54 bits per heavy atom. The number of nitrogens with zero attached hydrogens (tertiary/aromatic N) is 1. The van der Waals surface area contributed by atoms with E-state index >= 15 is 0 Å². The topological polar surface area (TPSA) is 25.5 Å². The van der Waals surface area contributed by atoms with Crippen LogP contribution in [-0.2, 0) is 0 Å². The molecule has 2 nitrogen and oxygen atoms in total. The van der Waals surface area contributed by atoms with Gasteiger partial charge < -0.3 is 4.42 Å². The molecule has 1 heterocycles. The van der Waals surface area contributed by atoms with E-state index in [0.717, 1.165) is 40.6 Å². The van der Waals surface area contributed by atoms with E-state index in [2.05, 4.69) is 44.2 Å². The lowest BCUT2D eigenvalue weighted by atomic mass is 10.1. The lowest BCUT2D eigenvalue weighted by Gasteiger charge is -2.06. The summed E-state index contributed by atoms with van der Waals surface area (Å²) < 4.78 is 6.13. The zero-order valence-electron chi connectivity index (χ0n) is 14.6. The van der Waals surface area contributed by atoms with E-state index in [1.54, 1.807) is 0 Å². The lowest BCUT2D eigenvalue weighted by Crippen LogP contribution is -2.05. The fourth-order valence-electron chi connectivity index (χ4n) is 2.90. The summed E-state index contributed by atoms with van der Waals surface area (Å²) in [7, 11) is 0. The number of fused-ring (bicyclic) bond motifs is 1. The fraction of sp³-hybridized carbons (Fsp3) is 0.318. The van der Waals surface area contributed by atoms with Gasteiger partial charge in [0.2, 0.25) is 0 Å². The van der Waals surface area contributed by atoms with E-state index in [4.69, 9.17) is 9.41 Å². The van der Waals surface area contributed by atoms with Crippen molar-refractivity contribution in [1.29, 1.82) is 0 Å². The molecular weight excluding hydrogens is 294 g/mol. The molecule has 0 aliphatic carbocycles. The van der Waals surface area contributed by atoms with Crippen molar-refractivity contribution in [2.45, 2.75) is 39.5 Å². The Balaban J connectivity index is 2.03. The molecule has 0 aliphatic rings. The number of hydrogen-bond acceptors (Lipinski definition) is 2. The number of unbranched alkanes of at least 4 members (excludes halogenated alkanes) is 3. The smallest absolute Gasteiger partial charge is 0.136 e. The second kappa shape index (κ2) is 7.96. The average molecular weight is 319 g/mol. The first-order valence-electron chi connectivity index (χ1n) is 8.88. The van der Waals surface area contributed by atoms with Crippen molar-refractivity contribution in [2.24, 2.45) is 4.99 Å². The Kier molecular flexibility index (Phi) is 5.47. The minimum atomic E-state index is 0.874. The summed E-state index contributed by atoms with van der Waals surface area (Å²) in [5, 5.41) is 2.14. The van der Waals surface area contributed by atoms with Gasteiger partial charge in [0.05, 0.1) is 5.36 Å². The molecule has 0 spiro atoms. The molecule has 0 N–H and O–H groups in total. The Morgan fingerprint density at radius 1 is 0.917 bits per heavy atom. The van der Waals surface area contributed by atoms with Gasteiger partial charge in [0, 0.05) is 23.6 Å². The minimum absolute atomic E-state index is 0.874. The van der Waals surface area contributed by atoms with Gasteiger partial charge in [-0.15, -0.1) is 0 Å². The van der Waals surface area contributed by atoms with Gasteiger partial charge in [0.25, 0.3) is 0 Å². The SMILES string of the molecule is CCCCCCN=c1cc(-c2ccccc2)oc2ccc(C)cc12. The predicted octanol–water partition coefficient (Wildman–Crippen LogP) is 5.89. The zero-order chi connectivity index (χ0) is 16.8. The second-order valence-electron chi connectivity index (χ2n) is 6.30. The lowest BCUT2D eigenvalue weighted by molar-refractivity contribution is 0.617. The molecule has 24 heavy (non-hydrogen) atoms. The maximum Gasteiger partial charge on any atom is 0.136 e. The molecule has 0 aliphatic heterocycles. The van der Waals surface area contributed by atoms with Gasteiger partial charge in [-0.25, -0.2) is 0 Å². The summed E-state index contributed by atoms with van der Waals surface area (Å²) in [6.45, 7) is 5.22. The van der Waals surface area contributed by atoms with Crippen LogP contribution in [0.15, 0.2) is 64.0 Å². The van der Waals surface area contributed by atoms with E-state index in [1.165, 1.54) is 24.8 Å². The number of aryl methyl sites for hydroxylation is 1. The Morgan fingerprint density at radius 2 is 1.75 bits per heavy atom. The Bertz CT molecular complexity index is 862. The van der Waals surface area contributed by atoms with E-state index < -0.39 is 0 Å². The van der Waals surface area contributed by atoms with Crippen molar-refractivity contribution in [2.75, 3.05) is 6.54 Å². The van der Waals surface area contributed by atoms with Crippen molar-refractivity contribution in [3.05, 3.63) is 65.5 Å². The third-order valence-electron chi connectivity index (χ3n) is 4.25. The maximum atomic E-state index is 6.13.